The van der Waals surface area contributed by atoms with Gasteiger partial charge in [0.2, 0.25) is 10.0 Å². The third-order valence-electron chi connectivity index (χ3n) is 7.57. The van der Waals surface area contributed by atoms with E-state index in [0.717, 1.165) is 25.2 Å². The van der Waals surface area contributed by atoms with Crippen LogP contribution >= 0.6 is 23.2 Å². The van der Waals surface area contributed by atoms with Gasteiger partial charge in [-0.3, -0.25) is 19.4 Å². The van der Waals surface area contributed by atoms with Crippen molar-refractivity contribution in [1.29, 1.82) is 0 Å². The number of carbonyl (C=O) groups excluding carboxylic acids is 2. The van der Waals surface area contributed by atoms with E-state index in [0.29, 0.717) is 29.1 Å². The first kappa shape index (κ1) is 30.4. The summed E-state index contributed by atoms with van der Waals surface area (Å²) in [7, 11) is -3.64. The number of hydrogen-bond acceptors (Lipinski definition) is 6. The van der Waals surface area contributed by atoms with Crippen LogP contribution in [0.2, 0.25) is 10.0 Å². The largest absolute Gasteiger partial charge is 0.326 e. The van der Waals surface area contributed by atoms with Crippen molar-refractivity contribution < 1.29 is 27.2 Å². The van der Waals surface area contributed by atoms with Crippen LogP contribution < -0.4 is 10.2 Å². The van der Waals surface area contributed by atoms with Crippen LogP contribution in [-0.4, -0.2) is 48.5 Å². The number of hydrogen-bond donors (Lipinski definition) is 2. The molecule has 4 atom stereocenters. The van der Waals surface area contributed by atoms with E-state index in [9.17, 15) is 22.4 Å². The lowest BCUT2D eigenvalue weighted by atomic mass is 9.76. The molecule has 0 unspecified atom stereocenters. The van der Waals surface area contributed by atoms with Crippen LogP contribution in [0.4, 0.5) is 4.39 Å². The van der Waals surface area contributed by atoms with Crippen molar-refractivity contribution in [3.63, 3.8) is 0 Å². The van der Waals surface area contributed by atoms with Gasteiger partial charge in [0.05, 0.1) is 23.9 Å². The fourth-order valence-electron chi connectivity index (χ4n) is 5.88. The second-order valence-electron chi connectivity index (χ2n) is 10.5. The van der Waals surface area contributed by atoms with Gasteiger partial charge in [-0.1, -0.05) is 54.2 Å². The van der Waals surface area contributed by atoms with Gasteiger partial charge in [-0.05, 0) is 60.4 Å². The van der Waals surface area contributed by atoms with Crippen LogP contribution in [-0.2, 0) is 26.3 Å². The molecule has 1 saturated carbocycles. The number of carbonyl (C=O) groups is 2. The molecular formula is C29H29Cl2FN4O5S. The van der Waals surface area contributed by atoms with Gasteiger partial charge in [0, 0.05) is 33.9 Å². The number of fused-ring (bicyclic) bond motifs is 1. The van der Waals surface area contributed by atoms with Crippen molar-refractivity contribution in [2.75, 3.05) is 6.26 Å². The van der Waals surface area contributed by atoms with Crippen molar-refractivity contribution in [1.82, 2.24) is 20.1 Å². The highest BCUT2D eigenvalue weighted by molar-refractivity contribution is 7.88. The van der Waals surface area contributed by atoms with Gasteiger partial charge in [-0.15, -0.1) is 0 Å². The quantitative estimate of drug-likeness (QED) is 0.340. The normalized spacial score (nSPS) is 22.5. The molecule has 222 valence electrons. The van der Waals surface area contributed by atoms with Crippen LogP contribution in [0.3, 0.4) is 0 Å². The number of amides is 2. The first-order chi connectivity index (χ1) is 20.0. The summed E-state index contributed by atoms with van der Waals surface area (Å²) in [5.41, 5.74) is 3.78. The van der Waals surface area contributed by atoms with Gasteiger partial charge in [0.25, 0.3) is 11.8 Å². The molecule has 1 aliphatic carbocycles. The van der Waals surface area contributed by atoms with E-state index >= 15 is 0 Å². The van der Waals surface area contributed by atoms with Gasteiger partial charge in [0.1, 0.15) is 12.4 Å². The molecule has 0 saturated heterocycles. The summed E-state index contributed by atoms with van der Waals surface area (Å²) >= 11 is 12.9. The molecular weight excluding hydrogens is 606 g/mol. The minimum absolute atomic E-state index is 0.00453. The Hall–Kier alpha value is -3.09. The molecule has 1 aliphatic heterocycles. The van der Waals surface area contributed by atoms with Crippen LogP contribution in [0.25, 0.3) is 0 Å². The summed E-state index contributed by atoms with van der Waals surface area (Å²) in [4.78, 5) is 39.4. The predicted octanol–water partition coefficient (Wildman–Crippen LogP) is 4.92. The van der Waals surface area contributed by atoms with Crippen LogP contribution in [0, 0.1) is 5.82 Å². The van der Waals surface area contributed by atoms with Crippen molar-refractivity contribution in [3.8, 4) is 0 Å². The Bertz CT molecular complexity index is 1590. The van der Waals surface area contributed by atoms with Gasteiger partial charge in [0.15, 0.2) is 0 Å². The molecule has 2 amide bonds. The number of hydroxylamine groups is 1. The predicted molar refractivity (Wildman–Crippen MR) is 156 cm³/mol. The third kappa shape index (κ3) is 6.60. The molecule has 2 heterocycles. The number of pyridine rings is 1. The summed E-state index contributed by atoms with van der Waals surface area (Å²) in [6, 6.07) is 11.4. The topological polar surface area (TPSA) is 118 Å². The number of benzene rings is 2. The summed E-state index contributed by atoms with van der Waals surface area (Å²) < 4.78 is 41.9. The van der Waals surface area contributed by atoms with Crippen LogP contribution in [0.5, 0.6) is 0 Å². The molecule has 42 heavy (non-hydrogen) atoms. The molecule has 2 aromatic carbocycles. The van der Waals surface area contributed by atoms with E-state index in [-0.39, 0.29) is 22.8 Å². The van der Waals surface area contributed by atoms with Gasteiger partial charge in [-0.25, -0.2) is 23.0 Å². The number of halogens is 3. The molecule has 0 spiro atoms. The Morgan fingerprint density at radius 2 is 1.86 bits per heavy atom. The van der Waals surface area contributed by atoms with Crippen molar-refractivity contribution in [2.45, 2.75) is 56.3 Å². The molecule has 9 nitrogen and oxygen atoms in total. The third-order valence-corrected chi connectivity index (χ3v) is 8.86. The molecule has 0 bridgehead atoms. The summed E-state index contributed by atoms with van der Waals surface area (Å²) in [5.74, 6) is -2.88. The van der Waals surface area contributed by atoms with E-state index in [1.165, 1.54) is 23.1 Å². The number of nitrogens with one attached hydrogen (secondary N) is 2. The Morgan fingerprint density at radius 1 is 1.10 bits per heavy atom. The van der Waals surface area contributed by atoms with E-state index in [1.54, 1.807) is 36.5 Å². The number of rotatable bonds is 8. The van der Waals surface area contributed by atoms with Crippen LogP contribution in [0.1, 0.15) is 64.8 Å². The Balaban J connectivity index is 1.62. The van der Waals surface area contributed by atoms with E-state index < -0.39 is 51.7 Å². The van der Waals surface area contributed by atoms with Gasteiger partial charge in [-0.2, -0.15) is 0 Å². The van der Waals surface area contributed by atoms with E-state index in [4.69, 9.17) is 28.0 Å². The SMILES string of the molecule is CS(=O)(=O)N[C@H]1CCCC[C@@H]1N1C(=O)c2cc(F)ccc2[C@@H](C(=O)NOCc2ccccn2)[C@@H]1c1ccc(Cl)cc1Cl. The smallest absolute Gasteiger partial charge is 0.255 e. The first-order valence-electron chi connectivity index (χ1n) is 13.4. The maximum Gasteiger partial charge on any atom is 0.255 e. The maximum atomic E-state index is 14.6. The minimum Gasteiger partial charge on any atom is -0.326 e. The lowest BCUT2D eigenvalue weighted by Gasteiger charge is -2.49. The zero-order valence-corrected chi connectivity index (χ0v) is 24.9. The molecule has 5 rings (SSSR count). The monoisotopic (exact) mass is 634 g/mol. The highest BCUT2D eigenvalue weighted by Gasteiger charge is 2.49. The van der Waals surface area contributed by atoms with Crippen LogP contribution in [0.15, 0.2) is 60.8 Å². The minimum atomic E-state index is -3.64. The average molecular weight is 636 g/mol. The average Bonchev–Trinajstić information content (AvgIpc) is 2.93. The Morgan fingerprint density at radius 3 is 2.57 bits per heavy atom. The van der Waals surface area contributed by atoms with Crippen molar-refractivity contribution in [2.24, 2.45) is 0 Å². The van der Waals surface area contributed by atoms with Gasteiger partial charge < -0.3 is 4.90 Å². The summed E-state index contributed by atoms with van der Waals surface area (Å²) in [6.07, 6.45) is 5.05. The maximum absolute atomic E-state index is 14.6. The first-order valence-corrected chi connectivity index (χ1v) is 16.0. The zero-order valence-electron chi connectivity index (χ0n) is 22.6. The number of sulfonamides is 1. The summed E-state index contributed by atoms with van der Waals surface area (Å²) in [6.45, 7) is -0.0203. The van der Waals surface area contributed by atoms with Crippen molar-refractivity contribution in [3.05, 3.63) is 99.0 Å². The molecule has 2 N–H and O–H groups in total. The van der Waals surface area contributed by atoms with E-state index in [1.807, 2.05) is 0 Å². The fraction of sp³-hybridized carbons (Fsp3) is 0.345. The van der Waals surface area contributed by atoms with Gasteiger partial charge >= 0.3 is 0 Å². The Labute approximate surface area is 253 Å². The molecule has 0 radical (unpaired) electrons. The molecule has 3 aromatic rings. The second-order valence-corrected chi connectivity index (χ2v) is 13.1. The Kier molecular flexibility index (Phi) is 9.14. The van der Waals surface area contributed by atoms with Crippen molar-refractivity contribution >= 4 is 45.0 Å². The summed E-state index contributed by atoms with van der Waals surface area (Å²) in [5, 5.41) is 0.570. The number of nitrogens with zero attached hydrogens (tertiary/aromatic N) is 2. The standard InChI is InChI=1S/C29H29Cl2FN4O5S/c1-42(39,40)35-24-7-2-3-8-25(24)36-27(21-11-9-17(30)14-23(21)31)26(20-12-10-18(32)15-22(20)29(36)38)28(37)34-41-16-19-6-4-5-13-33-19/h4-6,9-15,24-27,35H,2-3,7-8,16H2,1H3,(H,34,37)/t24-,25-,26+,27-/m0/s1. The molecule has 1 fully saturated rings. The lowest BCUT2D eigenvalue weighted by Crippen LogP contribution is -2.59. The lowest BCUT2D eigenvalue weighted by molar-refractivity contribution is -0.138. The molecule has 1 aromatic heterocycles. The molecule has 2 aliphatic rings. The fourth-order valence-corrected chi connectivity index (χ4v) is 7.22. The number of aromatic nitrogens is 1. The highest BCUT2D eigenvalue weighted by atomic mass is 35.5. The zero-order chi connectivity index (χ0) is 30.0. The molecule has 13 heteroatoms. The highest BCUT2D eigenvalue weighted by Crippen LogP contribution is 2.48. The van der Waals surface area contributed by atoms with E-state index in [2.05, 4.69) is 15.2 Å². The second kappa shape index (κ2) is 12.6.